The van der Waals surface area contributed by atoms with Crippen LogP contribution in [-0.2, 0) is 19.0 Å². The van der Waals surface area contributed by atoms with Crippen LogP contribution in [0.4, 0.5) is 19.0 Å². The molecule has 0 N–H and O–H groups in total. The number of alkyl halides is 3. The molecule has 1 aromatic heterocycles. The Kier molecular flexibility index (Phi) is 6.42. The second kappa shape index (κ2) is 9.63. The van der Waals surface area contributed by atoms with Crippen LogP contribution in [0.25, 0.3) is 5.57 Å². The van der Waals surface area contributed by atoms with E-state index in [1.807, 2.05) is 0 Å². The van der Waals surface area contributed by atoms with Gasteiger partial charge in [0.05, 0.1) is 5.56 Å². The van der Waals surface area contributed by atoms with Crippen LogP contribution in [0.5, 0.6) is 0 Å². The Morgan fingerprint density at radius 1 is 0.794 bits per heavy atom. The van der Waals surface area contributed by atoms with Gasteiger partial charge in [0.25, 0.3) is 0 Å². The molecule has 0 bridgehead atoms. The fraction of sp³-hybridized carbons (Fsp3) is 0.321. The number of aryl methyl sites for hydroxylation is 2. The number of rotatable bonds is 4. The van der Waals surface area contributed by atoms with Crippen molar-refractivity contribution in [2.24, 2.45) is 0 Å². The summed E-state index contributed by atoms with van der Waals surface area (Å²) in [6, 6.07) is 19.8. The van der Waals surface area contributed by atoms with Crippen LogP contribution in [0.3, 0.4) is 0 Å². The van der Waals surface area contributed by atoms with E-state index >= 15 is 0 Å². The number of nitrogens with zero attached hydrogens (tertiary/aromatic N) is 3. The number of fused-ring (bicyclic) bond motifs is 2. The first-order valence-electron chi connectivity index (χ1n) is 11.9. The lowest BCUT2D eigenvalue weighted by atomic mass is 9.93. The zero-order valence-electron chi connectivity index (χ0n) is 19.1. The van der Waals surface area contributed by atoms with Crippen molar-refractivity contribution in [1.82, 2.24) is 9.88 Å². The highest BCUT2D eigenvalue weighted by atomic mass is 19.4. The van der Waals surface area contributed by atoms with Crippen molar-refractivity contribution in [1.29, 1.82) is 0 Å². The Morgan fingerprint density at radius 3 is 2.03 bits per heavy atom. The predicted molar refractivity (Wildman–Crippen MR) is 130 cm³/mol. The number of hydrogen-bond donors (Lipinski definition) is 0. The van der Waals surface area contributed by atoms with E-state index in [4.69, 9.17) is 0 Å². The molecule has 176 valence electrons. The van der Waals surface area contributed by atoms with Gasteiger partial charge < -0.3 is 4.90 Å². The molecule has 0 atom stereocenters. The lowest BCUT2D eigenvalue weighted by Crippen LogP contribution is -2.47. The van der Waals surface area contributed by atoms with Gasteiger partial charge in [0.1, 0.15) is 5.82 Å². The molecular weight excluding hydrogens is 435 g/mol. The highest BCUT2D eigenvalue weighted by Gasteiger charge is 2.36. The minimum absolute atomic E-state index is 0.0448. The lowest BCUT2D eigenvalue weighted by Gasteiger charge is -2.36. The Balaban J connectivity index is 1.27. The molecule has 2 heterocycles. The second-order valence-electron chi connectivity index (χ2n) is 8.92. The van der Waals surface area contributed by atoms with Crippen molar-refractivity contribution in [2.45, 2.75) is 25.4 Å². The van der Waals surface area contributed by atoms with Gasteiger partial charge in [-0.05, 0) is 59.2 Å². The van der Waals surface area contributed by atoms with Gasteiger partial charge in [0.2, 0.25) is 0 Å². The average Bonchev–Trinajstić information content (AvgIpc) is 3.01. The Labute approximate surface area is 198 Å². The zero-order valence-corrected chi connectivity index (χ0v) is 19.1. The van der Waals surface area contributed by atoms with Crippen molar-refractivity contribution in [3.05, 3.63) is 101 Å². The van der Waals surface area contributed by atoms with Gasteiger partial charge >= 0.3 is 6.18 Å². The molecule has 0 unspecified atom stereocenters. The number of pyridine rings is 1. The van der Waals surface area contributed by atoms with Crippen molar-refractivity contribution in [2.75, 3.05) is 37.6 Å². The maximum Gasteiger partial charge on any atom is 0.419 e. The normalized spacial score (nSPS) is 16.6. The molecule has 0 saturated carbocycles. The summed E-state index contributed by atoms with van der Waals surface area (Å²) in [5.41, 5.74) is 6.03. The molecule has 3 nitrogen and oxygen atoms in total. The number of benzene rings is 2. The lowest BCUT2D eigenvalue weighted by molar-refractivity contribution is -0.137. The number of anilines is 1. The maximum absolute atomic E-state index is 13.4. The number of aromatic nitrogens is 1. The van der Waals surface area contributed by atoms with E-state index in [0.717, 1.165) is 45.0 Å². The summed E-state index contributed by atoms with van der Waals surface area (Å²) in [4.78, 5) is 8.14. The number of piperazine rings is 1. The molecule has 0 radical (unpaired) electrons. The summed E-state index contributed by atoms with van der Waals surface area (Å²) in [5.74, 6) is 0.0448. The molecule has 3 aromatic rings. The van der Waals surface area contributed by atoms with E-state index in [9.17, 15) is 13.2 Å². The molecule has 1 aliphatic heterocycles. The molecule has 5 rings (SSSR count). The predicted octanol–water partition coefficient (Wildman–Crippen LogP) is 5.84. The van der Waals surface area contributed by atoms with Crippen molar-refractivity contribution >= 4 is 11.4 Å². The summed E-state index contributed by atoms with van der Waals surface area (Å²) < 4.78 is 40.1. The van der Waals surface area contributed by atoms with E-state index in [0.29, 0.717) is 13.1 Å². The summed E-state index contributed by atoms with van der Waals surface area (Å²) in [7, 11) is 0. The summed E-state index contributed by atoms with van der Waals surface area (Å²) in [6.45, 7) is 3.43. The Morgan fingerprint density at radius 2 is 1.41 bits per heavy atom. The SMILES string of the molecule is FC(F)(F)c1cccnc1N1CCN(CCC=C2c3ccccc3CCc3ccccc32)CC1. The second-order valence-corrected chi connectivity index (χ2v) is 8.92. The largest absolute Gasteiger partial charge is 0.419 e. The van der Waals surface area contributed by atoms with E-state index in [-0.39, 0.29) is 5.82 Å². The van der Waals surface area contributed by atoms with Gasteiger partial charge in [-0.3, -0.25) is 4.90 Å². The summed E-state index contributed by atoms with van der Waals surface area (Å²) in [6.07, 6.45) is 2.37. The van der Waals surface area contributed by atoms with Crippen LogP contribution < -0.4 is 4.90 Å². The Hall–Kier alpha value is -3.12. The van der Waals surface area contributed by atoms with Gasteiger partial charge in [0, 0.05) is 38.9 Å². The van der Waals surface area contributed by atoms with E-state index in [1.54, 1.807) is 4.90 Å². The highest BCUT2D eigenvalue weighted by Crippen LogP contribution is 2.36. The molecule has 0 spiro atoms. The van der Waals surface area contributed by atoms with Gasteiger partial charge in [-0.2, -0.15) is 13.2 Å². The van der Waals surface area contributed by atoms with E-state index < -0.39 is 11.7 Å². The zero-order chi connectivity index (χ0) is 23.5. The molecule has 0 amide bonds. The van der Waals surface area contributed by atoms with Gasteiger partial charge in [-0.25, -0.2) is 4.98 Å². The fourth-order valence-electron chi connectivity index (χ4n) is 5.08. The standard InChI is InChI=1S/C28H28F3N3/c29-28(30,31)26-12-5-15-32-27(26)34-19-17-33(18-20-34)16-6-11-25-23-9-3-1-7-21(23)13-14-22-8-2-4-10-24(22)25/h1-5,7-12,15H,6,13-14,16-20H2. The molecule has 1 fully saturated rings. The third kappa shape index (κ3) is 4.73. The van der Waals surface area contributed by atoms with Gasteiger partial charge in [-0.1, -0.05) is 54.6 Å². The smallest absolute Gasteiger partial charge is 0.354 e. The molecular formula is C28H28F3N3. The first-order valence-corrected chi connectivity index (χ1v) is 11.9. The number of hydrogen-bond acceptors (Lipinski definition) is 3. The minimum atomic E-state index is -4.39. The quantitative estimate of drug-likeness (QED) is 0.484. The van der Waals surface area contributed by atoms with Crippen LogP contribution in [-0.4, -0.2) is 42.6 Å². The van der Waals surface area contributed by atoms with Crippen LogP contribution in [0.15, 0.2) is 72.9 Å². The molecule has 1 saturated heterocycles. The van der Waals surface area contributed by atoms with Crippen LogP contribution in [0.2, 0.25) is 0 Å². The van der Waals surface area contributed by atoms with Crippen molar-refractivity contribution in [3.63, 3.8) is 0 Å². The molecule has 6 heteroatoms. The first kappa shape index (κ1) is 22.7. The van der Waals surface area contributed by atoms with Gasteiger partial charge in [-0.15, -0.1) is 0 Å². The van der Waals surface area contributed by atoms with E-state index in [2.05, 4.69) is 64.5 Å². The monoisotopic (exact) mass is 463 g/mol. The minimum Gasteiger partial charge on any atom is -0.354 e. The van der Waals surface area contributed by atoms with Crippen molar-refractivity contribution < 1.29 is 13.2 Å². The molecule has 2 aromatic carbocycles. The number of halogens is 3. The van der Waals surface area contributed by atoms with Crippen LogP contribution in [0, 0.1) is 0 Å². The topological polar surface area (TPSA) is 19.4 Å². The highest BCUT2D eigenvalue weighted by molar-refractivity contribution is 5.83. The molecule has 1 aliphatic carbocycles. The molecule has 34 heavy (non-hydrogen) atoms. The average molecular weight is 464 g/mol. The molecule has 2 aliphatic rings. The van der Waals surface area contributed by atoms with Crippen LogP contribution >= 0.6 is 0 Å². The third-order valence-electron chi connectivity index (χ3n) is 6.84. The van der Waals surface area contributed by atoms with E-state index in [1.165, 1.54) is 40.1 Å². The first-order chi connectivity index (χ1) is 16.5. The van der Waals surface area contributed by atoms with Crippen LogP contribution in [0.1, 0.15) is 34.2 Å². The van der Waals surface area contributed by atoms with Gasteiger partial charge in [0.15, 0.2) is 0 Å². The van der Waals surface area contributed by atoms with Crippen molar-refractivity contribution in [3.8, 4) is 0 Å². The Bertz CT molecular complexity index is 1130. The maximum atomic E-state index is 13.4. The fourth-order valence-corrected chi connectivity index (χ4v) is 5.08. The summed E-state index contributed by atoms with van der Waals surface area (Å²) in [5, 5.41) is 0. The summed E-state index contributed by atoms with van der Waals surface area (Å²) >= 11 is 0. The third-order valence-corrected chi connectivity index (χ3v) is 6.84.